The lowest BCUT2D eigenvalue weighted by molar-refractivity contribution is -0.0628. The van der Waals surface area contributed by atoms with Gasteiger partial charge in [0.2, 0.25) is 0 Å². The van der Waals surface area contributed by atoms with Gasteiger partial charge in [-0.2, -0.15) is 0 Å². The first-order valence-electron chi connectivity index (χ1n) is 8.34. The van der Waals surface area contributed by atoms with Crippen molar-refractivity contribution in [3.63, 3.8) is 0 Å². The van der Waals surface area contributed by atoms with Crippen LogP contribution in [0.1, 0.15) is 63.5 Å². The molecule has 2 atom stereocenters. The second-order valence-electron chi connectivity index (χ2n) is 6.67. The van der Waals surface area contributed by atoms with Crippen molar-refractivity contribution in [1.82, 2.24) is 5.32 Å². The van der Waals surface area contributed by atoms with Crippen LogP contribution in [-0.4, -0.2) is 18.2 Å². The molecule has 1 heterocycles. The van der Waals surface area contributed by atoms with Gasteiger partial charge in [0, 0.05) is 18.2 Å². The molecule has 0 bridgehead atoms. The summed E-state index contributed by atoms with van der Waals surface area (Å²) >= 11 is 0. The van der Waals surface area contributed by atoms with E-state index in [9.17, 15) is 4.39 Å². The van der Waals surface area contributed by atoms with Crippen LogP contribution >= 0.6 is 0 Å². The lowest BCUT2D eigenvalue weighted by atomic mass is 9.83. The third-order valence-corrected chi connectivity index (χ3v) is 5.13. The summed E-state index contributed by atoms with van der Waals surface area (Å²) in [7, 11) is 0. The Bertz CT molecular complexity index is 470. The minimum absolute atomic E-state index is 0.0257. The second-order valence-corrected chi connectivity index (χ2v) is 6.67. The van der Waals surface area contributed by atoms with Gasteiger partial charge in [0.1, 0.15) is 5.82 Å². The molecule has 1 saturated carbocycles. The van der Waals surface area contributed by atoms with E-state index in [4.69, 9.17) is 4.74 Å². The Morgan fingerprint density at radius 2 is 2.00 bits per heavy atom. The quantitative estimate of drug-likeness (QED) is 0.890. The summed E-state index contributed by atoms with van der Waals surface area (Å²) in [6.45, 7) is 2.83. The molecule has 3 heteroatoms. The fourth-order valence-corrected chi connectivity index (χ4v) is 3.85. The number of rotatable bonds is 4. The van der Waals surface area contributed by atoms with Crippen molar-refractivity contribution in [2.75, 3.05) is 6.54 Å². The molecule has 1 aromatic rings. The SMILES string of the molecule is CC(NCC1CCC2(CCCCC2)O1)c1ccccc1F. The predicted molar refractivity (Wildman–Crippen MR) is 82.7 cm³/mol. The van der Waals surface area contributed by atoms with E-state index in [0.717, 1.165) is 18.5 Å². The monoisotopic (exact) mass is 291 g/mol. The van der Waals surface area contributed by atoms with E-state index in [2.05, 4.69) is 5.32 Å². The highest BCUT2D eigenvalue weighted by atomic mass is 19.1. The van der Waals surface area contributed by atoms with Crippen molar-refractivity contribution in [2.45, 2.75) is 69.6 Å². The maximum atomic E-state index is 13.8. The molecule has 1 aliphatic carbocycles. The molecule has 2 aliphatic rings. The summed E-state index contributed by atoms with van der Waals surface area (Å²) < 4.78 is 20.1. The van der Waals surface area contributed by atoms with Gasteiger partial charge in [-0.3, -0.25) is 0 Å². The van der Waals surface area contributed by atoms with E-state index in [1.165, 1.54) is 44.6 Å². The maximum absolute atomic E-state index is 13.8. The number of halogens is 1. The summed E-state index contributed by atoms with van der Waals surface area (Å²) in [6, 6.07) is 7.03. The zero-order valence-corrected chi connectivity index (χ0v) is 12.9. The maximum Gasteiger partial charge on any atom is 0.127 e. The zero-order chi connectivity index (χ0) is 14.7. The fourth-order valence-electron chi connectivity index (χ4n) is 3.85. The van der Waals surface area contributed by atoms with E-state index in [1.807, 2.05) is 19.1 Å². The average Bonchev–Trinajstić information content (AvgIpc) is 2.89. The van der Waals surface area contributed by atoms with Crippen molar-refractivity contribution in [3.8, 4) is 0 Å². The number of nitrogens with one attached hydrogen (secondary N) is 1. The molecular weight excluding hydrogens is 265 g/mol. The molecule has 1 spiro atoms. The van der Waals surface area contributed by atoms with Crippen molar-refractivity contribution in [1.29, 1.82) is 0 Å². The molecule has 3 rings (SSSR count). The molecule has 0 amide bonds. The van der Waals surface area contributed by atoms with Gasteiger partial charge >= 0.3 is 0 Å². The Morgan fingerprint density at radius 1 is 1.24 bits per heavy atom. The van der Waals surface area contributed by atoms with E-state index >= 15 is 0 Å². The summed E-state index contributed by atoms with van der Waals surface area (Å²) in [6.07, 6.45) is 9.07. The highest BCUT2D eigenvalue weighted by Gasteiger charge is 2.40. The molecule has 0 aromatic heterocycles. The van der Waals surface area contributed by atoms with Crippen LogP contribution in [0.4, 0.5) is 4.39 Å². The van der Waals surface area contributed by atoms with Crippen molar-refractivity contribution < 1.29 is 9.13 Å². The molecule has 2 nitrogen and oxygen atoms in total. The molecule has 1 saturated heterocycles. The molecule has 2 unspecified atom stereocenters. The Morgan fingerprint density at radius 3 is 2.76 bits per heavy atom. The second kappa shape index (κ2) is 6.45. The summed E-state index contributed by atoms with van der Waals surface area (Å²) in [5, 5.41) is 3.44. The van der Waals surface area contributed by atoms with Crippen LogP contribution in [0.3, 0.4) is 0 Å². The van der Waals surface area contributed by atoms with E-state index in [-0.39, 0.29) is 23.6 Å². The van der Waals surface area contributed by atoms with Crippen LogP contribution in [0.15, 0.2) is 24.3 Å². The van der Waals surface area contributed by atoms with Gasteiger partial charge in [-0.05, 0) is 38.7 Å². The van der Waals surface area contributed by atoms with Gasteiger partial charge in [-0.15, -0.1) is 0 Å². The molecule has 1 aromatic carbocycles. The third kappa shape index (κ3) is 3.46. The van der Waals surface area contributed by atoms with Crippen molar-refractivity contribution >= 4 is 0 Å². The van der Waals surface area contributed by atoms with Gasteiger partial charge in [0.05, 0.1) is 11.7 Å². The Labute approximate surface area is 127 Å². The minimum atomic E-state index is -0.131. The van der Waals surface area contributed by atoms with Gasteiger partial charge in [-0.1, -0.05) is 37.5 Å². The summed E-state index contributed by atoms with van der Waals surface area (Å²) in [4.78, 5) is 0. The zero-order valence-electron chi connectivity index (χ0n) is 12.9. The molecule has 0 radical (unpaired) electrons. The van der Waals surface area contributed by atoms with Crippen LogP contribution in [0.5, 0.6) is 0 Å². The first kappa shape index (κ1) is 15.0. The van der Waals surface area contributed by atoms with E-state index in [0.29, 0.717) is 0 Å². The van der Waals surface area contributed by atoms with Gasteiger partial charge < -0.3 is 10.1 Å². The van der Waals surface area contributed by atoms with Crippen LogP contribution in [0.2, 0.25) is 0 Å². The van der Waals surface area contributed by atoms with Crippen LogP contribution in [0, 0.1) is 5.82 Å². The highest BCUT2D eigenvalue weighted by molar-refractivity contribution is 5.20. The van der Waals surface area contributed by atoms with Crippen LogP contribution in [0.25, 0.3) is 0 Å². The molecular formula is C18H26FNO. The predicted octanol–water partition coefficient (Wildman–Crippen LogP) is 4.36. The first-order chi connectivity index (χ1) is 10.2. The number of benzene rings is 1. The summed E-state index contributed by atoms with van der Waals surface area (Å²) in [5.74, 6) is -0.131. The van der Waals surface area contributed by atoms with Crippen LogP contribution in [-0.2, 0) is 4.74 Å². The standard InChI is InChI=1S/C18H26FNO/c1-14(16-7-3-4-8-17(16)19)20-13-15-9-12-18(21-15)10-5-2-6-11-18/h3-4,7-8,14-15,20H,2,5-6,9-13H2,1H3. The van der Waals surface area contributed by atoms with Crippen LogP contribution < -0.4 is 5.32 Å². The topological polar surface area (TPSA) is 21.3 Å². The van der Waals surface area contributed by atoms with E-state index in [1.54, 1.807) is 6.07 Å². The number of ether oxygens (including phenoxy) is 1. The average molecular weight is 291 g/mol. The fraction of sp³-hybridized carbons (Fsp3) is 0.667. The molecule has 1 aliphatic heterocycles. The van der Waals surface area contributed by atoms with Gasteiger partial charge in [0.15, 0.2) is 0 Å². The van der Waals surface area contributed by atoms with Gasteiger partial charge in [0.25, 0.3) is 0 Å². The third-order valence-electron chi connectivity index (χ3n) is 5.13. The highest BCUT2D eigenvalue weighted by Crippen LogP contribution is 2.41. The first-order valence-corrected chi connectivity index (χ1v) is 8.34. The Kier molecular flexibility index (Phi) is 4.60. The summed E-state index contributed by atoms with van der Waals surface area (Å²) in [5.41, 5.74) is 0.911. The van der Waals surface area contributed by atoms with Crippen molar-refractivity contribution in [3.05, 3.63) is 35.6 Å². The molecule has 21 heavy (non-hydrogen) atoms. The Hall–Kier alpha value is -0.930. The normalized spacial score (nSPS) is 26.1. The Balaban J connectivity index is 1.51. The van der Waals surface area contributed by atoms with Crippen molar-refractivity contribution in [2.24, 2.45) is 0 Å². The molecule has 1 N–H and O–H groups in total. The van der Waals surface area contributed by atoms with E-state index < -0.39 is 0 Å². The lowest BCUT2D eigenvalue weighted by Crippen LogP contribution is -2.35. The number of hydrogen-bond donors (Lipinski definition) is 1. The lowest BCUT2D eigenvalue weighted by Gasteiger charge is -2.33. The molecule has 116 valence electrons. The number of hydrogen-bond acceptors (Lipinski definition) is 2. The largest absolute Gasteiger partial charge is 0.370 e. The molecule has 2 fully saturated rings. The van der Waals surface area contributed by atoms with Gasteiger partial charge in [-0.25, -0.2) is 4.39 Å². The smallest absolute Gasteiger partial charge is 0.127 e. The minimum Gasteiger partial charge on any atom is -0.370 e.